The highest BCUT2D eigenvalue weighted by Gasteiger charge is 2.23. The van der Waals surface area contributed by atoms with Crippen LogP contribution in [-0.2, 0) is 4.74 Å². The van der Waals surface area contributed by atoms with Gasteiger partial charge < -0.3 is 4.74 Å². The summed E-state index contributed by atoms with van der Waals surface area (Å²) in [6.07, 6.45) is 10.4. The van der Waals surface area contributed by atoms with Gasteiger partial charge in [-0.25, -0.2) is 4.68 Å². The Morgan fingerprint density at radius 2 is 2.05 bits per heavy atom. The lowest BCUT2D eigenvalue weighted by molar-refractivity contribution is 0.0644. The number of unbranched alkanes of at least 4 members (excludes halogenated alkanes) is 1. The van der Waals surface area contributed by atoms with E-state index in [9.17, 15) is 0 Å². The van der Waals surface area contributed by atoms with Crippen LogP contribution in [-0.4, -0.2) is 28.2 Å². The van der Waals surface area contributed by atoms with Gasteiger partial charge in [-0.2, -0.15) is 0 Å². The summed E-state index contributed by atoms with van der Waals surface area (Å²) in [6, 6.07) is 0.493. The lowest BCUT2D eigenvalue weighted by Crippen LogP contribution is -2.23. The van der Waals surface area contributed by atoms with Crippen LogP contribution in [0.5, 0.6) is 0 Å². The van der Waals surface area contributed by atoms with Gasteiger partial charge in [0.05, 0.1) is 17.9 Å². The zero-order valence-corrected chi connectivity index (χ0v) is 12.3. The van der Waals surface area contributed by atoms with Crippen LogP contribution in [0.2, 0.25) is 0 Å². The molecule has 2 heterocycles. The maximum atomic E-state index is 5.45. The second-order valence-electron chi connectivity index (χ2n) is 5.57. The van der Waals surface area contributed by atoms with Gasteiger partial charge in [0.25, 0.3) is 0 Å². The standard InChI is InChI=1S/C15H27N3O/c1-3-5-7-13(6-4-2)15-12-16-17-18(15)14-8-10-19-11-9-14/h12-14H,3-11H2,1-2H3. The first kappa shape index (κ1) is 14.5. The second-order valence-corrected chi connectivity index (χ2v) is 5.57. The summed E-state index contributed by atoms with van der Waals surface area (Å²) in [5.41, 5.74) is 1.35. The van der Waals surface area contributed by atoms with Crippen molar-refractivity contribution in [2.45, 2.75) is 70.8 Å². The lowest BCUT2D eigenvalue weighted by atomic mass is 9.93. The third-order valence-corrected chi connectivity index (χ3v) is 4.10. The molecule has 0 N–H and O–H groups in total. The van der Waals surface area contributed by atoms with Gasteiger partial charge >= 0.3 is 0 Å². The van der Waals surface area contributed by atoms with Crippen LogP contribution in [0.25, 0.3) is 0 Å². The van der Waals surface area contributed by atoms with Gasteiger partial charge in [-0.15, -0.1) is 5.10 Å². The average Bonchev–Trinajstić information content (AvgIpc) is 2.93. The molecule has 1 unspecified atom stereocenters. The molecule has 1 aromatic rings. The predicted octanol–water partition coefficient (Wildman–Crippen LogP) is 3.70. The second kappa shape index (κ2) is 7.63. The third kappa shape index (κ3) is 3.78. The summed E-state index contributed by atoms with van der Waals surface area (Å²) in [4.78, 5) is 0. The van der Waals surface area contributed by atoms with E-state index in [4.69, 9.17) is 4.74 Å². The summed E-state index contributed by atoms with van der Waals surface area (Å²) in [5.74, 6) is 0.628. The number of nitrogens with zero attached hydrogens (tertiary/aromatic N) is 3. The van der Waals surface area contributed by atoms with E-state index < -0.39 is 0 Å². The van der Waals surface area contributed by atoms with E-state index in [2.05, 4.69) is 28.8 Å². The molecule has 19 heavy (non-hydrogen) atoms. The monoisotopic (exact) mass is 265 g/mol. The summed E-state index contributed by atoms with van der Waals surface area (Å²) in [6.45, 7) is 6.24. The van der Waals surface area contributed by atoms with Crippen LogP contribution in [0.15, 0.2) is 6.20 Å². The van der Waals surface area contributed by atoms with Crippen molar-refractivity contribution in [2.75, 3.05) is 13.2 Å². The summed E-state index contributed by atoms with van der Waals surface area (Å²) < 4.78 is 7.64. The van der Waals surface area contributed by atoms with Gasteiger partial charge in [-0.1, -0.05) is 38.3 Å². The zero-order valence-electron chi connectivity index (χ0n) is 12.3. The predicted molar refractivity (Wildman–Crippen MR) is 76.3 cm³/mol. The van der Waals surface area contributed by atoms with E-state index in [1.54, 1.807) is 0 Å². The van der Waals surface area contributed by atoms with Crippen LogP contribution < -0.4 is 0 Å². The van der Waals surface area contributed by atoms with Crippen molar-refractivity contribution in [1.82, 2.24) is 15.0 Å². The molecule has 4 heteroatoms. The Balaban J connectivity index is 2.10. The molecular weight excluding hydrogens is 238 g/mol. The zero-order chi connectivity index (χ0) is 13.5. The summed E-state index contributed by atoms with van der Waals surface area (Å²) in [5, 5.41) is 8.54. The van der Waals surface area contributed by atoms with Gasteiger partial charge in [0.1, 0.15) is 0 Å². The van der Waals surface area contributed by atoms with Crippen LogP contribution in [0.4, 0.5) is 0 Å². The minimum Gasteiger partial charge on any atom is -0.381 e. The first-order valence-corrected chi connectivity index (χ1v) is 7.84. The molecule has 0 amide bonds. The molecule has 1 aliphatic heterocycles. The quantitative estimate of drug-likeness (QED) is 0.754. The molecule has 108 valence electrons. The van der Waals surface area contributed by atoms with Gasteiger partial charge in [-0.3, -0.25) is 0 Å². The third-order valence-electron chi connectivity index (χ3n) is 4.10. The minimum absolute atomic E-state index is 0.493. The first-order valence-electron chi connectivity index (χ1n) is 7.84. The molecule has 1 saturated heterocycles. The molecule has 1 atom stereocenters. The molecule has 1 aliphatic rings. The van der Waals surface area contributed by atoms with Crippen molar-refractivity contribution in [1.29, 1.82) is 0 Å². The molecule has 2 rings (SSSR count). The smallest absolute Gasteiger partial charge is 0.0728 e. The van der Waals surface area contributed by atoms with Crippen molar-refractivity contribution in [3.8, 4) is 0 Å². The van der Waals surface area contributed by atoms with E-state index in [1.165, 1.54) is 37.8 Å². The Morgan fingerprint density at radius 1 is 1.26 bits per heavy atom. The Kier molecular flexibility index (Phi) is 5.83. The fourth-order valence-electron chi connectivity index (χ4n) is 3.00. The molecular formula is C15H27N3O. The molecule has 0 radical (unpaired) electrons. The van der Waals surface area contributed by atoms with Crippen LogP contribution in [0, 0.1) is 0 Å². The molecule has 0 aliphatic carbocycles. The Labute approximate surface area is 116 Å². The molecule has 1 fully saturated rings. The highest BCUT2D eigenvalue weighted by molar-refractivity contribution is 5.05. The van der Waals surface area contributed by atoms with Gasteiger partial charge in [-0.05, 0) is 25.7 Å². The molecule has 4 nitrogen and oxygen atoms in total. The Bertz CT molecular complexity index is 358. The fourth-order valence-corrected chi connectivity index (χ4v) is 3.00. The number of ether oxygens (including phenoxy) is 1. The van der Waals surface area contributed by atoms with Gasteiger partial charge in [0.15, 0.2) is 0 Å². The van der Waals surface area contributed by atoms with Crippen molar-refractivity contribution in [3.05, 3.63) is 11.9 Å². The number of aromatic nitrogens is 3. The topological polar surface area (TPSA) is 39.9 Å². The van der Waals surface area contributed by atoms with Crippen molar-refractivity contribution in [2.24, 2.45) is 0 Å². The van der Waals surface area contributed by atoms with Gasteiger partial charge in [0, 0.05) is 19.1 Å². The normalized spacial score (nSPS) is 18.6. The lowest BCUT2D eigenvalue weighted by Gasteiger charge is -2.26. The Morgan fingerprint density at radius 3 is 2.74 bits per heavy atom. The minimum atomic E-state index is 0.493. The average molecular weight is 265 g/mol. The van der Waals surface area contributed by atoms with E-state index in [0.717, 1.165) is 26.1 Å². The molecule has 0 bridgehead atoms. The fraction of sp³-hybridized carbons (Fsp3) is 0.867. The van der Waals surface area contributed by atoms with Crippen LogP contribution in [0.1, 0.15) is 76.4 Å². The number of hydrogen-bond acceptors (Lipinski definition) is 3. The molecule has 0 saturated carbocycles. The van der Waals surface area contributed by atoms with Crippen LogP contribution in [0.3, 0.4) is 0 Å². The summed E-state index contributed by atoms with van der Waals surface area (Å²) >= 11 is 0. The van der Waals surface area contributed by atoms with E-state index in [0.29, 0.717) is 12.0 Å². The largest absolute Gasteiger partial charge is 0.381 e. The molecule has 0 aromatic carbocycles. The SMILES string of the molecule is CCCCC(CCC)c1cnnn1C1CCOCC1. The first-order chi connectivity index (χ1) is 9.36. The number of rotatable bonds is 7. The van der Waals surface area contributed by atoms with Crippen LogP contribution >= 0.6 is 0 Å². The Hall–Kier alpha value is -0.900. The maximum absolute atomic E-state index is 5.45. The van der Waals surface area contributed by atoms with E-state index in [1.807, 2.05) is 6.20 Å². The highest BCUT2D eigenvalue weighted by atomic mass is 16.5. The highest BCUT2D eigenvalue weighted by Crippen LogP contribution is 2.30. The molecule has 0 spiro atoms. The van der Waals surface area contributed by atoms with Gasteiger partial charge in [0.2, 0.25) is 0 Å². The summed E-state index contributed by atoms with van der Waals surface area (Å²) in [7, 11) is 0. The van der Waals surface area contributed by atoms with Crippen molar-refractivity contribution >= 4 is 0 Å². The van der Waals surface area contributed by atoms with Crippen molar-refractivity contribution in [3.63, 3.8) is 0 Å². The van der Waals surface area contributed by atoms with E-state index >= 15 is 0 Å². The molecule has 1 aromatic heterocycles. The van der Waals surface area contributed by atoms with Crippen molar-refractivity contribution < 1.29 is 4.74 Å². The number of hydrogen-bond donors (Lipinski definition) is 0. The maximum Gasteiger partial charge on any atom is 0.0728 e. The van der Waals surface area contributed by atoms with E-state index in [-0.39, 0.29) is 0 Å².